The van der Waals surface area contributed by atoms with Crippen molar-refractivity contribution in [3.05, 3.63) is 51.3 Å². The topological polar surface area (TPSA) is 60.2 Å². The molecule has 2 aromatic rings. The van der Waals surface area contributed by atoms with Crippen molar-refractivity contribution < 1.29 is 12.9 Å². The highest BCUT2D eigenvalue weighted by atomic mass is 35.5. The van der Waals surface area contributed by atoms with E-state index in [2.05, 4.69) is 5.16 Å². The molecule has 0 fully saturated rings. The van der Waals surface area contributed by atoms with Gasteiger partial charge in [-0.1, -0.05) is 34.4 Å². The molecule has 0 radical (unpaired) electrons. The number of rotatable bonds is 4. The van der Waals surface area contributed by atoms with Crippen LogP contribution in [0.1, 0.15) is 17.0 Å². The molecule has 0 amide bonds. The summed E-state index contributed by atoms with van der Waals surface area (Å²) in [6.45, 7) is 1.71. The Kier molecular flexibility index (Phi) is 4.18. The molecule has 0 aliphatic heterocycles. The minimum absolute atomic E-state index is 0.115. The van der Waals surface area contributed by atoms with Crippen LogP contribution in [0.4, 0.5) is 0 Å². The zero-order valence-corrected chi connectivity index (χ0v) is 12.4. The van der Waals surface area contributed by atoms with E-state index in [-0.39, 0.29) is 11.5 Å². The monoisotopic (exact) mass is 319 g/mol. The maximum absolute atomic E-state index is 12.0. The van der Waals surface area contributed by atoms with E-state index < -0.39 is 9.84 Å². The fraction of sp³-hybridized carbons (Fsp3) is 0.250. The lowest BCUT2D eigenvalue weighted by molar-refractivity contribution is 0.392. The maximum atomic E-state index is 12.0. The smallest absolute Gasteiger partial charge is 0.160 e. The predicted octanol–water partition coefficient (Wildman–Crippen LogP) is 3.40. The fourth-order valence-corrected chi connectivity index (χ4v) is 3.34. The molecular formula is C12H11Cl2NO3S. The first-order valence-electron chi connectivity index (χ1n) is 5.42. The maximum Gasteiger partial charge on any atom is 0.160 e. The van der Waals surface area contributed by atoms with Crippen LogP contribution in [0, 0.1) is 6.92 Å². The average molecular weight is 320 g/mol. The number of hydrogen-bond acceptors (Lipinski definition) is 4. The van der Waals surface area contributed by atoms with Gasteiger partial charge in [-0.05, 0) is 24.6 Å². The largest absolute Gasteiger partial charge is 0.361 e. The van der Waals surface area contributed by atoms with Gasteiger partial charge < -0.3 is 4.52 Å². The van der Waals surface area contributed by atoms with Crippen LogP contribution in [0.3, 0.4) is 0 Å². The standard InChI is InChI=1S/C12H11Cl2NO3S/c1-8-4-10(15-18-8)7-19(16,17)6-9-2-3-11(13)12(14)5-9/h2-5H,6-7H2,1H3. The third-order valence-electron chi connectivity index (χ3n) is 2.42. The SMILES string of the molecule is Cc1cc(CS(=O)(=O)Cc2ccc(Cl)c(Cl)c2)no1. The van der Waals surface area contributed by atoms with E-state index in [1.54, 1.807) is 31.2 Å². The van der Waals surface area contributed by atoms with Gasteiger partial charge in [-0.3, -0.25) is 0 Å². The van der Waals surface area contributed by atoms with Crippen molar-refractivity contribution in [1.82, 2.24) is 5.16 Å². The first kappa shape index (κ1) is 14.4. The van der Waals surface area contributed by atoms with Gasteiger partial charge in [0.25, 0.3) is 0 Å². The lowest BCUT2D eigenvalue weighted by Gasteiger charge is -2.04. The van der Waals surface area contributed by atoms with E-state index in [1.165, 1.54) is 0 Å². The number of benzene rings is 1. The van der Waals surface area contributed by atoms with Crippen molar-refractivity contribution in [3.63, 3.8) is 0 Å². The van der Waals surface area contributed by atoms with Gasteiger partial charge in [0.1, 0.15) is 5.76 Å². The van der Waals surface area contributed by atoms with Gasteiger partial charge in [0, 0.05) is 6.07 Å². The molecule has 0 atom stereocenters. The molecule has 102 valence electrons. The Hall–Kier alpha value is -1.04. The van der Waals surface area contributed by atoms with E-state index in [0.29, 0.717) is 27.1 Å². The summed E-state index contributed by atoms with van der Waals surface area (Å²) in [4.78, 5) is 0. The summed E-state index contributed by atoms with van der Waals surface area (Å²) in [5, 5.41) is 4.41. The fourth-order valence-electron chi connectivity index (χ4n) is 1.65. The molecule has 0 aliphatic carbocycles. The molecule has 4 nitrogen and oxygen atoms in total. The molecule has 7 heteroatoms. The van der Waals surface area contributed by atoms with E-state index >= 15 is 0 Å². The summed E-state index contributed by atoms with van der Waals surface area (Å²) in [6, 6.07) is 6.37. The van der Waals surface area contributed by atoms with E-state index in [0.717, 1.165) is 0 Å². The number of sulfone groups is 1. The Morgan fingerprint density at radius 1 is 1.16 bits per heavy atom. The lowest BCUT2D eigenvalue weighted by Crippen LogP contribution is -2.07. The molecule has 19 heavy (non-hydrogen) atoms. The number of halogens is 2. The number of aromatic nitrogens is 1. The minimum atomic E-state index is -3.33. The van der Waals surface area contributed by atoms with E-state index in [4.69, 9.17) is 27.7 Å². The minimum Gasteiger partial charge on any atom is -0.361 e. The summed E-state index contributed by atoms with van der Waals surface area (Å²) in [5.41, 5.74) is 0.993. The van der Waals surface area contributed by atoms with Gasteiger partial charge in [-0.25, -0.2) is 8.42 Å². The van der Waals surface area contributed by atoms with Crippen LogP contribution in [0.15, 0.2) is 28.8 Å². The Balaban J connectivity index is 2.14. The number of aryl methyl sites for hydroxylation is 1. The Morgan fingerprint density at radius 2 is 1.89 bits per heavy atom. The quantitative estimate of drug-likeness (QED) is 0.866. The predicted molar refractivity (Wildman–Crippen MR) is 74.0 cm³/mol. The lowest BCUT2D eigenvalue weighted by atomic mass is 10.2. The summed E-state index contributed by atoms with van der Waals surface area (Å²) < 4.78 is 28.9. The van der Waals surface area contributed by atoms with Crippen LogP contribution in [0.25, 0.3) is 0 Å². The Bertz CT molecular complexity index is 695. The molecule has 2 rings (SSSR count). The van der Waals surface area contributed by atoms with Crippen molar-refractivity contribution in [3.8, 4) is 0 Å². The van der Waals surface area contributed by atoms with Gasteiger partial charge in [0.2, 0.25) is 0 Å². The molecule has 1 aromatic carbocycles. The van der Waals surface area contributed by atoms with E-state index in [1.807, 2.05) is 0 Å². The third kappa shape index (κ3) is 3.96. The molecule has 0 unspecified atom stereocenters. The number of nitrogens with zero attached hydrogens (tertiary/aromatic N) is 1. The van der Waals surface area contributed by atoms with Gasteiger partial charge >= 0.3 is 0 Å². The molecule has 0 spiro atoms. The second-order valence-corrected chi connectivity index (χ2v) is 7.09. The molecule has 0 saturated heterocycles. The summed E-state index contributed by atoms with van der Waals surface area (Å²) in [7, 11) is -3.33. The third-order valence-corrected chi connectivity index (χ3v) is 4.66. The zero-order valence-electron chi connectivity index (χ0n) is 10.1. The van der Waals surface area contributed by atoms with Crippen LogP contribution in [0.2, 0.25) is 10.0 Å². The highest BCUT2D eigenvalue weighted by Gasteiger charge is 2.16. The Labute approximate surface area is 121 Å². The second-order valence-electron chi connectivity index (χ2n) is 4.21. The van der Waals surface area contributed by atoms with Crippen molar-refractivity contribution in [2.75, 3.05) is 0 Å². The van der Waals surface area contributed by atoms with E-state index in [9.17, 15) is 8.42 Å². The first-order chi connectivity index (χ1) is 8.85. The van der Waals surface area contributed by atoms with Crippen LogP contribution in [0.5, 0.6) is 0 Å². The molecule has 0 N–H and O–H groups in total. The normalized spacial score (nSPS) is 11.7. The molecule has 1 aromatic heterocycles. The second kappa shape index (κ2) is 5.53. The summed E-state index contributed by atoms with van der Waals surface area (Å²) >= 11 is 11.6. The molecule has 0 bridgehead atoms. The molecule has 1 heterocycles. The Morgan fingerprint density at radius 3 is 2.47 bits per heavy atom. The highest BCUT2D eigenvalue weighted by Crippen LogP contribution is 2.24. The summed E-state index contributed by atoms with van der Waals surface area (Å²) in [6.07, 6.45) is 0. The molecule has 0 aliphatic rings. The zero-order chi connectivity index (χ0) is 14.0. The van der Waals surface area contributed by atoms with Gasteiger partial charge in [0.05, 0.1) is 27.2 Å². The molecular weight excluding hydrogens is 309 g/mol. The summed E-state index contributed by atoms with van der Waals surface area (Å²) in [5.74, 6) is 0.306. The van der Waals surface area contributed by atoms with Crippen molar-refractivity contribution in [2.24, 2.45) is 0 Å². The van der Waals surface area contributed by atoms with Crippen LogP contribution < -0.4 is 0 Å². The van der Waals surface area contributed by atoms with Crippen molar-refractivity contribution in [2.45, 2.75) is 18.4 Å². The van der Waals surface area contributed by atoms with Crippen molar-refractivity contribution in [1.29, 1.82) is 0 Å². The number of hydrogen-bond donors (Lipinski definition) is 0. The van der Waals surface area contributed by atoms with Gasteiger partial charge in [-0.2, -0.15) is 0 Å². The van der Waals surface area contributed by atoms with Gasteiger partial charge in [0.15, 0.2) is 9.84 Å². The average Bonchev–Trinajstić information content (AvgIpc) is 2.68. The van der Waals surface area contributed by atoms with Crippen molar-refractivity contribution >= 4 is 33.0 Å². The van der Waals surface area contributed by atoms with Crippen LogP contribution >= 0.6 is 23.2 Å². The van der Waals surface area contributed by atoms with Gasteiger partial charge in [-0.15, -0.1) is 0 Å². The highest BCUT2D eigenvalue weighted by molar-refractivity contribution is 7.89. The van der Waals surface area contributed by atoms with Crippen LogP contribution in [-0.4, -0.2) is 13.6 Å². The first-order valence-corrected chi connectivity index (χ1v) is 8.00. The van der Waals surface area contributed by atoms with Crippen LogP contribution in [-0.2, 0) is 21.3 Å². The molecule has 0 saturated carbocycles.